The SMILES string of the molecule is CC(C)(C)SSCOC1C[C@H](N2C=C(C#CCNC(=O)C(F)(F)F)C(=O)NC2O)O[C@@H]1COP(=O)(O)O. The molecule has 4 atom stereocenters. The summed E-state index contributed by atoms with van der Waals surface area (Å²) in [7, 11) is -1.83. The van der Waals surface area contributed by atoms with Crippen LogP contribution in [-0.4, -0.2) is 86.4 Å². The van der Waals surface area contributed by atoms with Crippen LogP contribution in [0.5, 0.6) is 0 Å². The lowest BCUT2D eigenvalue weighted by atomic mass is 10.1. The summed E-state index contributed by atoms with van der Waals surface area (Å²) in [5, 5.41) is 14.1. The first-order valence-electron chi connectivity index (χ1n) is 10.6. The zero-order valence-electron chi connectivity index (χ0n) is 19.9. The first kappa shape index (κ1) is 31.7. The molecule has 0 saturated carbocycles. The van der Waals surface area contributed by atoms with Crippen molar-refractivity contribution in [3.8, 4) is 11.8 Å². The predicted molar refractivity (Wildman–Crippen MR) is 127 cm³/mol. The fourth-order valence-corrected chi connectivity index (χ4v) is 5.28. The van der Waals surface area contributed by atoms with E-state index in [2.05, 4.69) is 21.7 Å². The summed E-state index contributed by atoms with van der Waals surface area (Å²) in [5.41, 5.74) is -0.236. The highest BCUT2D eigenvalue weighted by molar-refractivity contribution is 8.77. The van der Waals surface area contributed by atoms with E-state index in [-0.39, 0.29) is 22.7 Å². The number of carbonyl (C=O) groups excluding carboxylic acids is 2. The molecule has 0 aliphatic carbocycles. The first-order valence-corrected chi connectivity index (χ1v) is 14.4. The highest BCUT2D eigenvalue weighted by Gasteiger charge is 2.43. The third-order valence-corrected chi connectivity index (χ3v) is 7.92. The number of phosphoric acid groups is 1. The Hall–Kier alpha value is -1.48. The second kappa shape index (κ2) is 13.0. The highest BCUT2D eigenvalue weighted by atomic mass is 33.1. The van der Waals surface area contributed by atoms with Crippen molar-refractivity contribution < 1.29 is 56.2 Å². The molecule has 2 amide bonds. The normalized spacial score (nSPS) is 24.7. The van der Waals surface area contributed by atoms with Crippen LogP contribution in [0.2, 0.25) is 0 Å². The van der Waals surface area contributed by atoms with Crippen molar-refractivity contribution in [1.82, 2.24) is 15.5 Å². The Kier molecular flexibility index (Phi) is 11.2. The van der Waals surface area contributed by atoms with Gasteiger partial charge in [0.25, 0.3) is 5.91 Å². The van der Waals surface area contributed by atoms with Crippen LogP contribution in [-0.2, 0) is 28.2 Å². The molecule has 0 aromatic carbocycles. The lowest BCUT2D eigenvalue weighted by Gasteiger charge is -2.35. The number of rotatable bonds is 9. The molecule has 0 spiro atoms. The van der Waals surface area contributed by atoms with Gasteiger partial charge in [-0.05, 0) is 0 Å². The van der Waals surface area contributed by atoms with Crippen LogP contribution in [0.1, 0.15) is 27.2 Å². The monoisotopic (exact) mass is 593 g/mol. The fraction of sp³-hybridized carbons (Fsp3) is 0.684. The molecular weight excluding hydrogens is 566 g/mol. The molecule has 2 aliphatic heterocycles. The minimum absolute atomic E-state index is 0.0421. The number of ether oxygens (including phenoxy) is 2. The van der Waals surface area contributed by atoms with Gasteiger partial charge in [0.05, 0.1) is 19.3 Å². The third kappa shape index (κ3) is 11.0. The van der Waals surface area contributed by atoms with Crippen LogP contribution in [0.15, 0.2) is 11.8 Å². The summed E-state index contributed by atoms with van der Waals surface area (Å²) in [6, 6.07) is 0. The number of phosphoric ester groups is 1. The van der Waals surface area contributed by atoms with Gasteiger partial charge in [-0.2, -0.15) is 13.2 Å². The van der Waals surface area contributed by atoms with Crippen molar-refractivity contribution in [2.75, 3.05) is 19.1 Å². The zero-order valence-corrected chi connectivity index (χ0v) is 22.4. The molecule has 0 aromatic rings. The lowest BCUT2D eigenvalue weighted by Crippen LogP contribution is -2.53. The zero-order chi connectivity index (χ0) is 28.0. The quantitative estimate of drug-likeness (QED) is 0.0848. The number of nitrogens with one attached hydrogen (secondary N) is 2. The molecule has 2 heterocycles. The van der Waals surface area contributed by atoms with E-state index in [1.54, 1.807) is 16.1 Å². The van der Waals surface area contributed by atoms with Crippen molar-refractivity contribution in [2.45, 2.75) is 62.9 Å². The Bertz CT molecular complexity index is 978. The number of aliphatic hydroxyl groups is 1. The van der Waals surface area contributed by atoms with Crippen LogP contribution in [0.4, 0.5) is 13.2 Å². The van der Waals surface area contributed by atoms with E-state index in [4.69, 9.17) is 19.3 Å². The standard InChI is InChI=1S/C19H27F3N3O9PS2/c1-18(2,3)37-36-10-32-12-7-14(34-13(12)9-33-35(29,30)31)25-8-11(15(26)24-17(25)28)5-4-6-23-16(27)19(20,21)22/h8,12-14,17,28H,6-7,9-10H2,1-3H3,(H,23,27)(H,24,26)(H2,29,30,31)/t12?,13-,14-,17?/m1/s1. The molecule has 1 saturated heterocycles. The molecule has 0 bridgehead atoms. The minimum atomic E-state index is -5.08. The van der Waals surface area contributed by atoms with E-state index in [1.165, 1.54) is 10.8 Å². The lowest BCUT2D eigenvalue weighted by molar-refractivity contribution is -0.173. The summed E-state index contributed by atoms with van der Waals surface area (Å²) >= 11 is 0. The molecular formula is C19H27F3N3O9PS2. The minimum Gasteiger partial charge on any atom is -0.364 e. The summed E-state index contributed by atoms with van der Waals surface area (Å²) < 4.78 is 64.0. The number of carbonyl (C=O) groups is 2. The summed E-state index contributed by atoms with van der Waals surface area (Å²) in [6.45, 7) is 4.83. The van der Waals surface area contributed by atoms with Crippen LogP contribution in [0.3, 0.4) is 0 Å². The number of amides is 2. The van der Waals surface area contributed by atoms with Crippen molar-refractivity contribution >= 4 is 41.2 Å². The van der Waals surface area contributed by atoms with Crippen LogP contribution < -0.4 is 10.6 Å². The van der Waals surface area contributed by atoms with Crippen molar-refractivity contribution in [1.29, 1.82) is 0 Å². The van der Waals surface area contributed by atoms with Gasteiger partial charge in [0, 0.05) is 17.4 Å². The Morgan fingerprint density at radius 1 is 1.38 bits per heavy atom. The van der Waals surface area contributed by atoms with Crippen LogP contribution >= 0.6 is 29.4 Å². The number of hydrogen-bond acceptors (Lipinski definition) is 10. The smallest absolute Gasteiger partial charge is 0.364 e. The molecule has 2 rings (SSSR count). The maximum Gasteiger partial charge on any atom is 0.471 e. The molecule has 2 unspecified atom stereocenters. The van der Waals surface area contributed by atoms with Gasteiger partial charge in [-0.1, -0.05) is 54.2 Å². The Morgan fingerprint density at radius 2 is 2.05 bits per heavy atom. The molecule has 2 aliphatic rings. The molecule has 5 N–H and O–H groups in total. The Labute approximate surface area is 218 Å². The van der Waals surface area contributed by atoms with Gasteiger partial charge in [-0.25, -0.2) is 4.57 Å². The largest absolute Gasteiger partial charge is 0.471 e. The van der Waals surface area contributed by atoms with Gasteiger partial charge < -0.3 is 39.9 Å². The Morgan fingerprint density at radius 3 is 2.65 bits per heavy atom. The van der Waals surface area contributed by atoms with E-state index in [0.29, 0.717) is 0 Å². The predicted octanol–water partition coefficient (Wildman–Crippen LogP) is 1.01. The number of alkyl halides is 3. The highest BCUT2D eigenvalue weighted by Crippen LogP contribution is 2.39. The average molecular weight is 594 g/mol. The van der Waals surface area contributed by atoms with Gasteiger partial charge in [-0.3, -0.25) is 14.1 Å². The van der Waals surface area contributed by atoms with Gasteiger partial charge in [0.15, 0.2) is 0 Å². The van der Waals surface area contributed by atoms with Crippen LogP contribution in [0, 0.1) is 11.8 Å². The van der Waals surface area contributed by atoms with E-state index in [9.17, 15) is 32.4 Å². The summed E-state index contributed by atoms with van der Waals surface area (Å²) in [5.74, 6) is 1.75. The number of nitrogens with zero attached hydrogens (tertiary/aromatic N) is 1. The molecule has 18 heteroatoms. The first-order chi connectivity index (χ1) is 17.0. The summed E-state index contributed by atoms with van der Waals surface area (Å²) in [4.78, 5) is 42.2. The molecule has 210 valence electrons. The second-order valence-corrected chi connectivity index (χ2v) is 12.9. The number of aliphatic hydroxyl groups excluding tert-OH is 1. The fourth-order valence-electron chi connectivity index (χ4n) is 2.94. The molecule has 12 nitrogen and oxygen atoms in total. The second-order valence-electron chi connectivity index (χ2n) is 8.61. The van der Waals surface area contributed by atoms with Crippen molar-refractivity contribution in [3.05, 3.63) is 11.8 Å². The number of hydrogen-bond donors (Lipinski definition) is 5. The topological polar surface area (TPSA) is 167 Å². The molecule has 1 fully saturated rings. The number of halogens is 3. The summed E-state index contributed by atoms with van der Waals surface area (Å²) in [6.07, 6.45) is -8.01. The maximum absolute atomic E-state index is 12.2. The Balaban J connectivity index is 2.10. The molecule has 0 aromatic heterocycles. The van der Waals surface area contributed by atoms with Gasteiger partial charge in [-0.15, -0.1) is 0 Å². The maximum atomic E-state index is 12.2. The molecule has 0 radical (unpaired) electrons. The average Bonchev–Trinajstić information content (AvgIpc) is 3.14. The van der Waals surface area contributed by atoms with E-state index in [0.717, 1.165) is 11.1 Å². The van der Waals surface area contributed by atoms with Crippen LogP contribution in [0.25, 0.3) is 0 Å². The van der Waals surface area contributed by atoms with Crippen molar-refractivity contribution in [2.24, 2.45) is 0 Å². The molecule has 37 heavy (non-hydrogen) atoms. The van der Waals surface area contributed by atoms with E-state index in [1.807, 2.05) is 20.8 Å². The van der Waals surface area contributed by atoms with E-state index < -0.39 is 63.8 Å². The van der Waals surface area contributed by atoms with Crippen molar-refractivity contribution in [3.63, 3.8) is 0 Å². The van der Waals surface area contributed by atoms with Gasteiger partial charge in [0.2, 0.25) is 6.35 Å². The van der Waals surface area contributed by atoms with Gasteiger partial charge >= 0.3 is 19.9 Å². The van der Waals surface area contributed by atoms with Gasteiger partial charge in [0.1, 0.15) is 23.8 Å². The van der Waals surface area contributed by atoms with E-state index >= 15 is 0 Å². The third-order valence-electron chi connectivity index (χ3n) is 4.44.